The van der Waals surface area contributed by atoms with E-state index in [1.165, 1.54) is 6.92 Å². The number of aryl methyl sites for hydroxylation is 1. The van der Waals surface area contributed by atoms with E-state index in [4.69, 9.17) is 41.6 Å². The summed E-state index contributed by atoms with van der Waals surface area (Å²) in [7, 11) is -3.53. The molecule has 2 atom stereocenters. The number of ether oxygens (including phenoxy) is 3. The number of fused-ring (bicyclic) bond motifs is 1. The van der Waals surface area contributed by atoms with Crippen molar-refractivity contribution in [2.45, 2.75) is 64.7 Å². The van der Waals surface area contributed by atoms with Crippen LogP contribution in [0.15, 0.2) is 35.1 Å². The molecule has 1 aliphatic heterocycles. The van der Waals surface area contributed by atoms with Gasteiger partial charge in [0.25, 0.3) is 0 Å². The van der Waals surface area contributed by atoms with Crippen LogP contribution in [-0.4, -0.2) is 59.9 Å². The van der Waals surface area contributed by atoms with Crippen molar-refractivity contribution in [2.24, 2.45) is 0 Å². The van der Waals surface area contributed by atoms with Gasteiger partial charge in [0.2, 0.25) is 6.29 Å². The number of alkyl halides is 3. The molecule has 0 amide bonds. The number of benzene rings is 2. The van der Waals surface area contributed by atoms with Crippen LogP contribution in [0.25, 0.3) is 5.69 Å². The minimum absolute atomic E-state index is 0.0424. The molecule has 0 saturated heterocycles. The molecule has 248 valence electrons. The van der Waals surface area contributed by atoms with E-state index in [2.05, 4.69) is 5.10 Å². The SMILES string of the molecule is CCOC(=O)C(Cl)Cc1cc(-n2nc(C)n(C(F)F)c2=O)c(F)cc1Cl.CCOC1Oc2ccc(OS(C)(=O)=O)cc2C1(C)C. The molecule has 3 aromatic rings. The number of hydrogen-bond acceptors (Lipinski definition) is 9. The number of carbonyl (C=O) groups excluding carboxylic acids is 1. The van der Waals surface area contributed by atoms with Gasteiger partial charge in [0.05, 0.1) is 18.3 Å². The zero-order chi connectivity index (χ0) is 33.9. The number of halogens is 5. The average molecular weight is 699 g/mol. The Hall–Kier alpha value is -3.27. The van der Waals surface area contributed by atoms with Gasteiger partial charge in [-0.2, -0.15) is 21.9 Å². The lowest BCUT2D eigenvalue weighted by atomic mass is 9.85. The first-order chi connectivity index (χ1) is 20.9. The van der Waals surface area contributed by atoms with Crippen molar-refractivity contribution < 1.29 is 44.8 Å². The average Bonchev–Trinajstić information content (AvgIpc) is 3.36. The second-order valence-electron chi connectivity index (χ2n) is 10.3. The molecule has 0 saturated carbocycles. The van der Waals surface area contributed by atoms with E-state index in [1.54, 1.807) is 25.1 Å². The van der Waals surface area contributed by atoms with Gasteiger partial charge in [0, 0.05) is 23.6 Å². The third-order valence-corrected chi connectivity index (χ3v) is 7.67. The van der Waals surface area contributed by atoms with Crippen molar-refractivity contribution in [3.63, 3.8) is 0 Å². The number of aromatic nitrogens is 3. The van der Waals surface area contributed by atoms with Gasteiger partial charge in [0.1, 0.15) is 28.4 Å². The van der Waals surface area contributed by atoms with Crippen molar-refractivity contribution in [2.75, 3.05) is 19.5 Å². The molecule has 2 heterocycles. The van der Waals surface area contributed by atoms with Crippen LogP contribution < -0.4 is 14.6 Å². The second kappa shape index (κ2) is 14.4. The Morgan fingerprint density at radius 3 is 2.40 bits per heavy atom. The van der Waals surface area contributed by atoms with Crippen LogP contribution in [0.3, 0.4) is 0 Å². The summed E-state index contributed by atoms with van der Waals surface area (Å²) >= 11 is 11.9. The van der Waals surface area contributed by atoms with E-state index in [1.807, 2.05) is 20.8 Å². The smallest absolute Gasteiger partial charge is 0.355 e. The van der Waals surface area contributed by atoms with E-state index in [0.29, 0.717) is 17.0 Å². The maximum Gasteiger partial charge on any atom is 0.355 e. The molecule has 0 N–H and O–H groups in total. The van der Waals surface area contributed by atoms with Crippen LogP contribution >= 0.6 is 23.2 Å². The Morgan fingerprint density at radius 2 is 1.84 bits per heavy atom. The molecule has 0 spiro atoms. The highest BCUT2D eigenvalue weighted by atomic mass is 35.5. The summed E-state index contributed by atoms with van der Waals surface area (Å²) in [6.45, 7) is 6.24. The standard InChI is InChI=1S/C15H14Cl2F3N3O3.C13H18O5S/c1-3-26-13(24)10(17)4-8-5-12(11(18)6-9(8)16)23-15(25)22(14(19)20)7(2)21-23;1-5-16-12-13(2,3)10-8-9(18-19(4,14)15)6-7-11(10)17-12/h5-6,10,14H,3-4H2,1-2H3;6-8,12H,5H2,1-4H3. The Kier molecular flexibility index (Phi) is 11.6. The highest BCUT2D eigenvalue weighted by Gasteiger charge is 2.42. The summed E-state index contributed by atoms with van der Waals surface area (Å²) in [5.74, 6) is -0.935. The van der Waals surface area contributed by atoms with Gasteiger partial charge in [-0.3, -0.25) is 4.79 Å². The molecular formula is C28H32Cl2F3N3O8S. The molecular weight excluding hydrogens is 666 g/mol. The summed E-state index contributed by atoms with van der Waals surface area (Å²) in [4.78, 5) is 23.7. The van der Waals surface area contributed by atoms with Gasteiger partial charge in [-0.05, 0) is 70.5 Å². The van der Waals surface area contributed by atoms with Crippen molar-refractivity contribution >= 4 is 39.3 Å². The van der Waals surface area contributed by atoms with E-state index in [9.17, 15) is 31.2 Å². The number of nitrogens with zero attached hydrogens (tertiary/aromatic N) is 3. The molecule has 11 nitrogen and oxygen atoms in total. The zero-order valence-electron chi connectivity index (χ0n) is 25.1. The molecule has 0 radical (unpaired) electrons. The minimum Gasteiger partial charge on any atom is -0.465 e. The highest BCUT2D eigenvalue weighted by molar-refractivity contribution is 7.86. The van der Waals surface area contributed by atoms with Gasteiger partial charge in [-0.1, -0.05) is 11.6 Å². The summed E-state index contributed by atoms with van der Waals surface area (Å²) in [5.41, 5.74) is -0.844. The maximum atomic E-state index is 14.2. The first kappa shape index (κ1) is 36.2. The van der Waals surface area contributed by atoms with Crippen LogP contribution in [0.1, 0.15) is 51.2 Å². The first-order valence-electron chi connectivity index (χ1n) is 13.5. The quantitative estimate of drug-likeness (QED) is 0.158. The summed E-state index contributed by atoms with van der Waals surface area (Å²) < 4.78 is 84.0. The van der Waals surface area contributed by atoms with Gasteiger partial charge in [0.15, 0.2) is 5.82 Å². The summed E-state index contributed by atoms with van der Waals surface area (Å²) in [6.07, 6.45) is 0.529. The van der Waals surface area contributed by atoms with E-state index >= 15 is 0 Å². The topological polar surface area (TPSA) is 128 Å². The fourth-order valence-electron chi connectivity index (χ4n) is 4.39. The van der Waals surface area contributed by atoms with Gasteiger partial charge >= 0.3 is 28.3 Å². The molecule has 0 fully saturated rings. The molecule has 2 unspecified atom stereocenters. The minimum atomic E-state index is -3.53. The third-order valence-electron chi connectivity index (χ3n) is 6.50. The predicted octanol–water partition coefficient (Wildman–Crippen LogP) is 5.30. The largest absolute Gasteiger partial charge is 0.465 e. The molecule has 45 heavy (non-hydrogen) atoms. The van der Waals surface area contributed by atoms with Crippen molar-refractivity contribution in [3.05, 3.63) is 68.6 Å². The lowest BCUT2D eigenvalue weighted by Gasteiger charge is -2.25. The monoisotopic (exact) mass is 697 g/mol. The summed E-state index contributed by atoms with van der Waals surface area (Å²) in [5, 5.41) is 2.52. The highest BCUT2D eigenvalue weighted by Crippen LogP contribution is 2.44. The van der Waals surface area contributed by atoms with Crippen molar-refractivity contribution in [3.8, 4) is 17.2 Å². The normalized spacial score (nSPS) is 16.0. The van der Waals surface area contributed by atoms with Gasteiger partial charge in [-0.25, -0.2) is 13.8 Å². The Bertz CT molecular complexity index is 1710. The maximum absolute atomic E-state index is 14.2. The van der Waals surface area contributed by atoms with E-state index < -0.39 is 39.5 Å². The first-order valence-corrected chi connectivity index (χ1v) is 16.1. The lowest BCUT2D eigenvalue weighted by Crippen LogP contribution is -2.34. The molecule has 0 bridgehead atoms. The molecule has 17 heteroatoms. The summed E-state index contributed by atoms with van der Waals surface area (Å²) in [6, 6.07) is 7.00. The van der Waals surface area contributed by atoms with Gasteiger partial charge in [-0.15, -0.1) is 16.7 Å². The Labute approximate surface area is 267 Å². The molecule has 1 aromatic heterocycles. The molecule has 4 rings (SSSR count). The molecule has 1 aliphatic rings. The molecule has 2 aromatic carbocycles. The second-order valence-corrected chi connectivity index (χ2v) is 12.8. The zero-order valence-corrected chi connectivity index (χ0v) is 27.5. The fourth-order valence-corrected chi connectivity index (χ4v) is 5.30. The number of esters is 1. The fraction of sp³-hybridized carbons (Fsp3) is 0.464. The van der Waals surface area contributed by atoms with Crippen LogP contribution in [0, 0.1) is 12.7 Å². The van der Waals surface area contributed by atoms with Crippen molar-refractivity contribution in [1.29, 1.82) is 0 Å². The van der Waals surface area contributed by atoms with E-state index in [0.717, 1.165) is 24.0 Å². The number of rotatable bonds is 10. The predicted molar refractivity (Wildman–Crippen MR) is 160 cm³/mol. The van der Waals surface area contributed by atoms with Gasteiger partial charge < -0.3 is 18.4 Å². The van der Waals surface area contributed by atoms with E-state index in [-0.39, 0.29) is 57.1 Å². The Balaban J connectivity index is 0.000000257. The van der Waals surface area contributed by atoms with Crippen molar-refractivity contribution in [1.82, 2.24) is 14.3 Å². The van der Waals surface area contributed by atoms with Crippen LogP contribution in [0.2, 0.25) is 5.02 Å². The van der Waals surface area contributed by atoms with Crippen LogP contribution in [0.5, 0.6) is 11.5 Å². The third kappa shape index (κ3) is 8.51. The Morgan fingerprint density at radius 1 is 1.18 bits per heavy atom. The van der Waals surface area contributed by atoms with Crippen LogP contribution in [-0.2, 0) is 36.2 Å². The van der Waals surface area contributed by atoms with Crippen LogP contribution in [0.4, 0.5) is 13.2 Å². The lowest BCUT2D eigenvalue weighted by molar-refractivity contribution is -0.142. The number of carbonyl (C=O) groups is 1. The number of hydrogen-bond donors (Lipinski definition) is 0. The molecule has 0 aliphatic carbocycles.